The lowest BCUT2D eigenvalue weighted by Gasteiger charge is -2.18. The first-order valence-electron chi connectivity index (χ1n) is 5.56. The van der Waals surface area contributed by atoms with Crippen molar-refractivity contribution in [2.75, 3.05) is 0 Å². The van der Waals surface area contributed by atoms with Gasteiger partial charge in [0.1, 0.15) is 0 Å². The van der Waals surface area contributed by atoms with Gasteiger partial charge in [-0.05, 0) is 58.2 Å². The highest BCUT2D eigenvalue weighted by Gasteiger charge is 2.14. The second kappa shape index (κ2) is 6.17. The van der Waals surface area contributed by atoms with Gasteiger partial charge in [0.15, 0.2) is 0 Å². The Bertz CT molecular complexity index is 542. The lowest BCUT2D eigenvalue weighted by atomic mass is 9.99. The summed E-state index contributed by atoms with van der Waals surface area (Å²) in [5.41, 5.74) is 5.22. The van der Waals surface area contributed by atoms with Crippen molar-refractivity contribution in [3.8, 4) is 0 Å². The third kappa shape index (κ3) is 3.33. The molecule has 5 heteroatoms. The molecule has 0 fully saturated rings. The molecule has 2 rings (SSSR count). The SMILES string of the molecule is Cc1ccc(Cl)cc1C(Cc1ccc(Br)s1)NN. The van der Waals surface area contributed by atoms with E-state index in [4.69, 9.17) is 17.4 Å². The second-order valence-electron chi connectivity index (χ2n) is 4.13. The maximum atomic E-state index is 6.05. The Morgan fingerprint density at radius 1 is 1.39 bits per heavy atom. The first kappa shape index (κ1) is 14.0. The highest BCUT2D eigenvalue weighted by Crippen LogP contribution is 2.29. The molecule has 0 aliphatic rings. The van der Waals surface area contributed by atoms with Gasteiger partial charge in [0.25, 0.3) is 0 Å². The summed E-state index contributed by atoms with van der Waals surface area (Å²) in [7, 11) is 0. The zero-order valence-electron chi connectivity index (χ0n) is 9.91. The Morgan fingerprint density at radius 3 is 2.78 bits per heavy atom. The van der Waals surface area contributed by atoms with E-state index in [9.17, 15) is 0 Å². The van der Waals surface area contributed by atoms with Crippen molar-refractivity contribution in [3.63, 3.8) is 0 Å². The Labute approximate surface area is 124 Å². The molecule has 1 aromatic carbocycles. The van der Waals surface area contributed by atoms with Gasteiger partial charge in [-0.15, -0.1) is 11.3 Å². The average Bonchev–Trinajstić information content (AvgIpc) is 2.75. The van der Waals surface area contributed by atoms with Crippen LogP contribution in [0, 0.1) is 6.92 Å². The zero-order chi connectivity index (χ0) is 13.1. The van der Waals surface area contributed by atoms with Crippen molar-refractivity contribution >= 4 is 38.9 Å². The van der Waals surface area contributed by atoms with Crippen molar-refractivity contribution in [2.45, 2.75) is 19.4 Å². The summed E-state index contributed by atoms with van der Waals surface area (Å²) < 4.78 is 1.14. The van der Waals surface area contributed by atoms with Crippen molar-refractivity contribution in [2.24, 2.45) is 5.84 Å². The number of aryl methyl sites for hydroxylation is 1. The number of hydrogen-bond donors (Lipinski definition) is 2. The van der Waals surface area contributed by atoms with Crippen molar-refractivity contribution in [1.82, 2.24) is 5.43 Å². The fourth-order valence-electron chi connectivity index (χ4n) is 1.91. The quantitative estimate of drug-likeness (QED) is 0.643. The molecule has 0 aliphatic heterocycles. The highest BCUT2D eigenvalue weighted by molar-refractivity contribution is 9.11. The molecule has 18 heavy (non-hydrogen) atoms. The van der Waals surface area contributed by atoms with Crippen LogP contribution in [0.5, 0.6) is 0 Å². The number of rotatable bonds is 4. The summed E-state index contributed by atoms with van der Waals surface area (Å²) in [6, 6.07) is 10.1. The lowest BCUT2D eigenvalue weighted by Crippen LogP contribution is -2.29. The van der Waals surface area contributed by atoms with Gasteiger partial charge in [-0.2, -0.15) is 0 Å². The molecule has 1 unspecified atom stereocenters. The Kier molecular flexibility index (Phi) is 4.81. The molecule has 1 atom stereocenters. The van der Waals surface area contributed by atoms with E-state index in [0.717, 1.165) is 20.8 Å². The van der Waals surface area contributed by atoms with Crippen molar-refractivity contribution < 1.29 is 0 Å². The minimum Gasteiger partial charge on any atom is -0.271 e. The first-order chi connectivity index (χ1) is 8.60. The van der Waals surface area contributed by atoms with Gasteiger partial charge >= 0.3 is 0 Å². The highest BCUT2D eigenvalue weighted by atomic mass is 79.9. The topological polar surface area (TPSA) is 38.0 Å². The van der Waals surface area contributed by atoms with Crippen LogP contribution in [0.2, 0.25) is 5.02 Å². The van der Waals surface area contributed by atoms with E-state index >= 15 is 0 Å². The minimum absolute atomic E-state index is 0.0780. The van der Waals surface area contributed by atoms with Gasteiger partial charge in [-0.3, -0.25) is 11.3 Å². The smallest absolute Gasteiger partial charge is 0.0701 e. The van der Waals surface area contributed by atoms with Crippen LogP contribution in [0.1, 0.15) is 22.0 Å². The molecule has 2 aromatic rings. The monoisotopic (exact) mass is 344 g/mol. The van der Waals surface area contributed by atoms with Gasteiger partial charge in [0.2, 0.25) is 0 Å². The Balaban J connectivity index is 2.25. The number of halogens is 2. The summed E-state index contributed by atoms with van der Waals surface area (Å²) in [5.74, 6) is 5.68. The number of thiophene rings is 1. The fraction of sp³-hybridized carbons (Fsp3) is 0.231. The third-order valence-electron chi connectivity index (χ3n) is 2.85. The number of benzene rings is 1. The van der Waals surface area contributed by atoms with E-state index in [0.29, 0.717) is 0 Å². The van der Waals surface area contributed by atoms with E-state index in [1.807, 2.05) is 18.2 Å². The molecule has 0 aliphatic carbocycles. The molecule has 0 saturated heterocycles. The Morgan fingerprint density at radius 2 is 2.17 bits per heavy atom. The molecule has 96 valence electrons. The number of hydrogen-bond acceptors (Lipinski definition) is 3. The zero-order valence-corrected chi connectivity index (χ0v) is 13.1. The molecule has 2 nitrogen and oxygen atoms in total. The molecule has 0 bridgehead atoms. The number of nitrogens with two attached hydrogens (primary N) is 1. The second-order valence-corrected chi connectivity index (χ2v) is 7.11. The Hall–Kier alpha value is -0.390. The minimum atomic E-state index is 0.0780. The predicted molar refractivity (Wildman–Crippen MR) is 82.0 cm³/mol. The van der Waals surface area contributed by atoms with Crippen LogP contribution in [0.3, 0.4) is 0 Å². The van der Waals surface area contributed by atoms with Crippen LogP contribution >= 0.6 is 38.9 Å². The molecular weight excluding hydrogens is 332 g/mol. The molecular formula is C13H14BrClN2S. The van der Waals surface area contributed by atoms with Crippen molar-refractivity contribution in [3.05, 3.63) is 55.1 Å². The lowest BCUT2D eigenvalue weighted by molar-refractivity contribution is 0.553. The molecule has 0 amide bonds. The molecule has 1 aromatic heterocycles. The standard InChI is InChI=1S/C13H14BrClN2S/c1-8-2-3-9(15)6-11(8)12(17-16)7-10-4-5-13(14)18-10/h2-6,12,17H,7,16H2,1H3. The van der Waals surface area contributed by atoms with Gasteiger partial charge in [-0.1, -0.05) is 17.7 Å². The molecule has 3 N–H and O–H groups in total. The van der Waals surface area contributed by atoms with Crippen LogP contribution in [-0.2, 0) is 6.42 Å². The fourth-order valence-corrected chi connectivity index (χ4v) is 3.62. The van der Waals surface area contributed by atoms with E-state index in [2.05, 4.69) is 40.4 Å². The van der Waals surface area contributed by atoms with E-state index in [1.165, 1.54) is 10.4 Å². The van der Waals surface area contributed by atoms with Gasteiger partial charge in [0.05, 0.1) is 9.83 Å². The van der Waals surface area contributed by atoms with Gasteiger partial charge < -0.3 is 0 Å². The van der Waals surface area contributed by atoms with Crippen LogP contribution < -0.4 is 11.3 Å². The van der Waals surface area contributed by atoms with E-state index in [-0.39, 0.29) is 6.04 Å². The van der Waals surface area contributed by atoms with Crippen LogP contribution in [0.15, 0.2) is 34.1 Å². The summed E-state index contributed by atoms with van der Waals surface area (Å²) in [5, 5.41) is 0.739. The van der Waals surface area contributed by atoms with Crippen LogP contribution in [0.25, 0.3) is 0 Å². The predicted octanol–water partition coefficient (Wildman–Crippen LogP) is 4.22. The van der Waals surface area contributed by atoms with Crippen molar-refractivity contribution in [1.29, 1.82) is 0 Å². The maximum Gasteiger partial charge on any atom is 0.0701 e. The van der Waals surface area contributed by atoms with E-state index < -0.39 is 0 Å². The summed E-state index contributed by atoms with van der Waals surface area (Å²) in [6.07, 6.45) is 0.855. The third-order valence-corrected chi connectivity index (χ3v) is 4.73. The van der Waals surface area contributed by atoms with Gasteiger partial charge in [-0.25, -0.2) is 0 Å². The largest absolute Gasteiger partial charge is 0.271 e. The van der Waals surface area contributed by atoms with Crippen LogP contribution in [-0.4, -0.2) is 0 Å². The molecule has 0 spiro atoms. The molecule has 0 radical (unpaired) electrons. The number of nitrogens with one attached hydrogen (secondary N) is 1. The first-order valence-corrected chi connectivity index (χ1v) is 7.55. The normalized spacial score (nSPS) is 12.7. The van der Waals surface area contributed by atoms with Crippen LogP contribution in [0.4, 0.5) is 0 Å². The van der Waals surface area contributed by atoms with Gasteiger partial charge in [0, 0.05) is 16.3 Å². The summed E-state index contributed by atoms with van der Waals surface area (Å²) in [6.45, 7) is 2.07. The summed E-state index contributed by atoms with van der Waals surface area (Å²) in [4.78, 5) is 1.28. The maximum absolute atomic E-state index is 6.05. The van der Waals surface area contributed by atoms with E-state index in [1.54, 1.807) is 11.3 Å². The molecule has 1 heterocycles. The molecule has 0 saturated carbocycles. The number of hydrazine groups is 1. The average molecular weight is 346 g/mol. The summed E-state index contributed by atoms with van der Waals surface area (Å²) >= 11 is 11.2.